The van der Waals surface area contributed by atoms with Crippen LogP contribution in [0.1, 0.15) is 64.0 Å². The van der Waals surface area contributed by atoms with Crippen molar-refractivity contribution in [3.8, 4) is 0 Å². The Morgan fingerprint density at radius 2 is 2.08 bits per heavy atom. The zero-order valence-electron chi connectivity index (χ0n) is 16.0. The molecule has 0 saturated heterocycles. The van der Waals surface area contributed by atoms with Gasteiger partial charge in [-0.1, -0.05) is 26.2 Å². The van der Waals surface area contributed by atoms with Gasteiger partial charge < -0.3 is 15.7 Å². The number of nitrogens with one attached hydrogen (secondary N) is 2. The van der Waals surface area contributed by atoms with Gasteiger partial charge in [-0.05, 0) is 26.2 Å². The second-order valence-electron chi connectivity index (χ2n) is 7.34. The molecule has 1 atom stereocenters. The largest absolute Gasteiger partial charge is 0.388 e. The SMILES string of the molecule is CCNC(=NCC1(O)CCCCC1)NC1CCc2nc(CC)nn2C1.I. The molecule has 1 aliphatic carbocycles. The number of guanidine groups is 1. The number of aliphatic hydroxyl groups is 1. The molecule has 2 heterocycles. The van der Waals surface area contributed by atoms with E-state index in [1.807, 2.05) is 4.68 Å². The van der Waals surface area contributed by atoms with Crippen molar-refractivity contribution in [3.63, 3.8) is 0 Å². The lowest BCUT2D eigenvalue weighted by atomic mass is 9.85. The molecule has 1 unspecified atom stereocenters. The van der Waals surface area contributed by atoms with E-state index in [1.54, 1.807) is 0 Å². The van der Waals surface area contributed by atoms with Crippen LogP contribution in [0.2, 0.25) is 0 Å². The summed E-state index contributed by atoms with van der Waals surface area (Å²) >= 11 is 0. The van der Waals surface area contributed by atoms with Crippen LogP contribution in [0.5, 0.6) is 0 Å². The normalized spacial score (nSPS) is 22.3. The third-order valence-electron chi connectivity index (χ3n) is 5.22. The second-order valence-corrected chi connectivity index (χ2v) is 7.34. The minimum absolute atomic E-state index is 0. The van der Waals surface area contributed by atoms with E-state index in [0.29, 0.717) is 6.54 Å². The predicted molar refractivity (Wildman–Crippen MR) is 114 cm³/mol. The molecule has 1 aromatic rings. The molecule has 26 heavy (non-hydrogen) atoms. The highest BCUT2D eigenvalue weighted by Gasteiger charge is 2.29. The maximum atomic E-state index is 10.7. The molecule has 0 aromatic carbocycles. The number of hydrogen-bond donors (Lipinski definition) is 3. The average molecular weight is 476 g/mol. The molecule has 1 aliphatic heterocycles. The van der Waals surface area contributed by atoms with Crippen molar-refractivity contribution < 1.29 is 5.11 Å². The molecular weight excluding hydrogens is 443 g/mol. The van der Waals surface area contributed by atoms with Crippen LogP contribution < -0.4 is 10.6 Å². The molecule has 0 amide bonds. The van der Waals surface area contributed by atoms with Crippen LogP contribution in [0.4, 0.5) is 0 Å². The number of aromatic nitrogens is 3. The zero-order valence-corrected chi connectivity index (χ0v) is 18.3. The first-order valence-electron chi connectivity index (χ1n) is 9.81. The van der Waals surface area contributed by atoms with Gasteiger partial charge in [0.25, 0.3) is 0 Å². The average Bonchev–Trinajstić information content (AvgIpc) is 3.03. The molecule has 1 aromatic heterocycles. The summed E-state index contributed by atoms with van der Waals surface area (Å²) in [6.45, 7) is 6.26. The molecule has 0 bridgehead atoms. The van der Waals surface area contributed by atoms with Gasteiger partial charge in [-0.3, -0.25) is 4.99 Å². The minimum atomic E-state index is -0.623. The van der Waals surface area contributed by atoms with Crippen LogP contribution in [0.15, 0.2) is 4.99 Å². The van der Waals surface area contributed by atoms with Gasteiger partial charge in [-0.15, -0.1) is 24.0 Å². The maximum Gasteiger partial charge on any atom is 0.191 e. The summed E-state index contributed by atoms with van der Waals surface area (Å²) in [7, 11) is 0. The molecule has 3 N–H and O–H groups in total. The standard InChI is InChI=1S/C18H32N6O.HI/c1-3-15-22-16-9-8-14(12-24(16)23-15)21-17(19-4-2)20-13-18(25)10-6-5-7-11-18;/h14,25H,3-13H2,1-2H3,(H2,19,20,21);1H. The van der Waals surface area contributed by atoms with E-state index >= 15 is 0 Å². The fourth-order valence-electron chi connectivity index (χ4n) is 3.74. The van der Waals surface area contributed by atoms with Crippen molar-refractivity contribution in [2.24, 2.45) is 4.99 Å². The molecular formula is C18H33IN6O. The Bertz CT molecular complexity index is 597. The molecule has 0 spiro atoms. The van der Waals surface area contributed by atoms with Gasteiger partial charge in [0.15, 0.2) is 11.8 Å². The molecule has 7 nitrogen and oxygen atoms in total. The Kier molecular flexibility index (Phi) is 8.12. The van der Waals surface area contributed by atoms with E-state index in [4.69, 9.17) is 0 Å². The van der Waals surface area contributed by atoms with Gasteiger partial charge in [0.05, 0.1) is 18.7 Å². The van der Waals surface area contributed by atoms with Crippen LogP contribution in [0.25, 0.3) is 0 Å². The van der Waals surface area contributed by atoms with E-state index in [9.17, 15) is 5.11 Å². The topological polar surface area (TPSA) is 87.4 Å². The summed E-state index contributed by atoms with van der Waals surface area (Å²) in [4.78, 5) is 9.25. The molecule has 1 saturated carbocycles. The Labute approximate surface area is 173 Å². The maximum absolute atomic E-state index is 10.7. The van der Waals surface area contributed by atoms with E-state index in [1.165, 1.54) is 6.42 Å². The van der Waals surface area contributed by atoms with E-state index in [-0.39, 0.29) is 30.0 Å². The summed E-state index contributed by atoms with van der Waals surface area (Å²) in [5, 5.41) is 22.1. The monoisotopic (exact) mass is 476 g/mol. The number of fused-ring (bicyclic) bond motifs is 1. The van der Waals surface area contributed by atoms with Crippen LogP contribution in [0, 0.1) is 0 Å². The van der Waals surface area contributed by atoms with Crippen molar-refractivity contribution >= 4 is 29.9 Å². The van der Waals surface area contributed by atoms with Gasteiger partial charge >= 0.3 is 0 Å². The number of aryl methyl sites for hydroxylation is 2. The number of rotatable bonds is 5. The molecule has 2 aliphatic rings. The highest BCUT2D eigenvalue weighted by atomic mass is 127. The Morgan fingerprint density at radius 1 is 1.31 bits per heavy atom. The minimum Gasteiger partial charge on any atom is -0.388 e. The zero-order chi connectivity index (χ0) is 17.7. The van der Waals surface area contributed by atoms with Gasteiger partial charge in [0, 0.05) is 25.4 Å². The molecule has 148 valence electrons. The quantitative estimate of drug-likeness (QED) is 0.344. The lowest BCUT2D eigenvalue weighted by molar-refractivity contribution is 0.0131. The number of halogens is 1. The van der Waals surface area contributed by atoms with E-state index in [0.717, 1.165) is 75.6 Å². The van der Waals surface area contributed by atoms with Crippen molar-refractivity contribution in [3.05, 3.63) is 11.6 Å². The predicted octanol–water partition coefficient (Wildman–Crippen LogP) is 2.02. The van der Waals surface area contributed by atoms with Gasteiger partial charge in [-0.2, -0.15) is 5.10 Å². The lowest BCUT2D eigenvalue weighted by Crippen LogP contribution is -2.48. The highest BCUT2D eigenvalue weighted by Crippen LogP contribution is 2.28. The molecule has 3 rings (SSSR count). The smallest absolute Gasteiger partial charge is 0.191 e. The van der Waals surface area contributed by atoms with Gasteiger partial charge in [0.2, 0.25) is 0 Å². The number of nitrogens with zero attached hydrogens (tertiary/aromatic N) is 4. The van der Waals surface area contributed by atoms with Crippen LogP contribution in [-0.4, -0.2) is 50.6 Å². The van der Waals surface area contributed by atoms with Crippen molar-refractivity contribution in [1.29, 1.82) is 0 Å². The summed E-state index contributed by atoms with van der Waals surface area (Å²) in [6.07, 6.45) is 8.00. The summed E-state index contributed by atoms with van der Waals surface area (Å²) < 4.78 is 2.03. The van der Waals surface area contributed by atoms with Crippen molar-refractivity contribution in [2.75, 3.05) is 13.1 Å². The van der Waals surface area contributed by atoms with Gasteiger partial charge in [0.1, 0.15) is 5.82 Å². The highest BCUT2D eigenvalue weighted by molar-refractivity contribution is 14.0. The van der Waals surface area contributed by atoms with Gasteiger partial charge in [-0.25, -0.2) is 9.67 Å². The first kappa shape index (κ1) is 21.4. The fraction of sp³-hybridized carbons (Fsp3) is 0.833. The first-order chi connectivity index (χ1) is 12.1. The third kappa shape index (κ3) is 5.55. The summed E-state index contributed by atoms with van der Waals surface area (Å²) in [5.41, 5.74) is -0.623. The van der Waals surface area contributed by atoms with Crippen molar-refractivity contribution in [2.45, 2.75) is 83.4 Å². The lowest BCUT2D eigenvalue weighted by Gasteiger charge is -2.31. The number of hydrogen-bond acceptors (Lipinski definition) is 4. The van der Waals surface area contributed by atoms with E-state index < -0.39 is 5.60 Å². The summed E-state index contributed by atoms with van der Waals surface area (Å²) in [5.74, 6) is 2.81. The Hall–Kier alpha value is -0.900. The van der Waals surface area contributed by atoms with Crippen LogP contribution in [-0.2, 0) is 19.4 Å². The molecule has 0 radical (unpaired) electrons. The Balaban J connectivity index is 0.00000243. The van der Waals surface area contributed by atoms with Crippen LogP contribution in [0.3, 0.4) is 0 Å². The van der Waals surface area contributed by atoms with E-state index in [2.05, 4.69) is 39.6 Å². The van der Waals surface area contributed by atoms with Crippen LogP contribution >= 0.6 is 24.0 Å². The molecule has 8 heteroatoms. The Morgan fingerprint density at radius 3 is 2.77 bits per heavy atom. The van der Waals surface area contributed by atoms with Crippen molar-refractivity contribution in [1.82, 2.24) is 25.4 Å². The molecule has 1 fully saturated rings. The first-order valence-corrected chi connectivity index (χ1v) is 9.81. The summed E-state index contributed by atoms with van der Waals surface area (Å²) in [6, 6.07) is 0.290. The fourth-order valence-corrected chi connectivity index (χ4v) is 3.74. The second kappa shape index (κ2) is 9.87. The number of aliphatic imine (C=N–C) groups is 1. The third-order valence-corrected chi connectivity index (χ3v) is 5.22.